The lowest BCUT2D eigenvalue weighted by Gasteiger charge is -2.07. The molecule has 0 spiro atoms. The van der Waals surface area contributed by atoms with Crippen LogP contribution < -0.4 is 15.7 Å². The van der Waals surface area contributed by atoms with E-state index >= 15 is 0 Å². The number of hydrogen-bond acceptors (Lipinski definition) is 5. The van der Waals surface area contributed by atoms with Gasteiger partial charge in [0.1, 0.15) is 12.3 Å². The first-order valence-electron chi connectivity index (χ1n) is 7.40. The molecule has 1 N–H and O–H groups in total. The molecule has 8 nitrogen and oxygen atoms in total. The predicted molar refractivity (Wildman–Crippen MR) is 97.3 cm³/mol. The van der Waals surface area contributed by atoms with E-state index in [0.29, 0.717) is 27.2 Å². The maximum atomic E-state index is 12.4. The Hall–Kier alpha value is -2.84. The first-order valence-corrected chi connectivity index (χ1v) is 8.16. The molecule has 0 aliphatic rings. The number of ether oxygens (including phenoxy) is 1. The van der Waals surface area contributed by atoms with E-state index in [-0.39, 0.29) is 6.54 Å². The Balaban J connectivity index is 1.76. The Morgan fingerprint density at radius 3 is 2.62 bits per heavy atom. The number of benzene rings is 2. The van der Waals surface area contributed by atoms with Gasteiger partial charge in [-0.2, -0.15) is 9.36 Å². The molecule has 0 atom stereocenters. The molecule has 2 aromatic carbocycles. The van der Waals surface area contributed by atoms with Gasteiger partial charge < -0.3 is 10.1 Å². The zero-order valence-corrected chi connectivity index (χ0v) is 15.0. The number of hydrogen-bond donors (Lipinski definition) is 1. The molecular formula is C16H13Cl2N5O3. The molecule has 0 aliphatic heterocycles. The highest BCUT2D eigenvalue weighted by atomic mass is 35.5. The average molecular weight is 394 g/mol. The first-order chi connectivity index (χ1) is 12.5. The fourth-order valence-corrected chi connectivity index (χ4v) is 2.70. The van der Waals surface area contributed by atoms with Gasteiger partial charge in [0.15, 0.2) is 0 Å². The molecule has 0 saturated carbocycles. The summed E-state index contributed by atoms with van der Waals surface area (Å²) in [6, 6.07) is 11.5. The molecule has 0 fully saturated rings. The molecule has 0 bridgehead atoms. The number of methoxy groups -OCH3 is 1. The third-order valence-electron chi connectivity index (χ3n) is 3.45. The number of rotatable bonds is 5. The minimum atomic E-state index is -0.582. The van der Waals surface area contributed by atoms with Crippen molar-refractivity contribution >= 4 is 34.8 Å². The molecule has 3 rings (SSSR count). The number of nitrogens with zero attached hydrogens (tertiary/aromatic N) is 4. The van der Waals surface area contributed by atoms with Crippen molar-refractivity contribution in [2.24, 2.45) is 0 Å². The van der Waals surface area contributed by atoms with Crippen molar-refractivity contribution in [2.45, 2.75) is 6.54 Å². The van der Waals surface area contributed by atoms with Crippen LogP contribution in [0.15, 0.2) is 47.3 Å². The summed E-state index contributed by atoms with van der Waals surface area (Å²) in [6.45, 7) is -0.313. The Morgan fingerprint density at radius 2 is 1.92 bits per heavy atom. The molecular weight excluding hydrogens is 381 g/mol. The molecule has 26 heavy (non-hydrogen) atoms. The monoisotopic (exact) mass is 393 g/mol. The van der Waals surface area contributed by atoms with E-state index in [4.69, 9.17) is 27.9 Å². The van der Waals surface area contributed by atoms with Crippen LogP contribution in [0.5, 0.6) is 5.75 Å². The zero-order valence-electron chi connectivity index (χ0n) is 13.5. The molecule has 1 amide bonds. The van der Waals surface area contributed by atoms with E-state index in [2.05, 4.69) is 15.7 Å². The summed E-state index contributed by atoms with van der Waals surface area (Å²) in [5.74, 6) is 0.0307. The summed E-state index contributed by atoms with van der Waals surface area (Å²) in [5, 5.41) is 10.8. The van der Waals surface area contributed by atoms with Gasteiger partial charge in [-0.25, -0.2) is 4.79 Å². The number of nitrogens with one attached hydrogen (secondary N) is 1. The average Bonchev–Trinajstić information content (AvgIpc) is 2.96. The second-order valence-corrected chi connectivity index (χ2v) is 5.99. The van der Waals surface area contributed by atoms with Crippen LogP contribution >= 0.6 is 23.2 Å². The number of tetrazole rings is 1. The summed E-state index contributed by atoms with van der Waals surface area (Å²) in [4.78, 5) is 24.5. The minimum Gasteiger partial charge on any atom is -0.495 e. The number of carbonyl (C=O) groups excluding carboxylic acids is 1. The molecule has 134 valence electrons. The lowest BCUT2D eigenvalue weighted by atomic mass is 10.3. The van der Waals surface area contributed by atoms with E-state index in [9.17, 15) is 9.59 Å². The first kappa shape index (κ1) is 18.0. The van der Waals surface area contributed by atoms with Gasteiger partial charge in [0, 0.05) is 5.69 Å². The van der Waals surface area contributed by atoms with Crippen LogP contribution in [-0.2, 0) is 11.3 Å². The molecule has 10 heteroatoms. The number of anilines is 1. The predicted octanol–water partition coefficient (Wildman–Crippen LogP) is 2.38. The largest absolute Gasteiger partial charge is 0.495 e. The third kappa shape index (κ3) is 3.71. The van der Waals surface area contributed by atoms with Gasteiger partial charge in [-0.1, -0.05) is 35.3 Å². The number of halogens is 2. The van der Waals surface area contributed by atoms with Gasteiger partial charge in [-0.3, -0.25) is 4.79 Å². The molecule has 0 unspecified atom stereocenters. The van der Waals surface area contributed by atoms with Crippen LogP contribution in [0.2, 0.25) is 10.0 Å². The van der Waals surface area contributed by atoms with E-state index in [0.717, 1.165) is 9.36 Å². The van der Waals surface area contributed by atoms with Gasteiger partial charge in [-0.15, -0.1) is 0 Å². The summed E-state index contributed by atoms with van der Waals surface area (Å²) in [7, 11) is 1.49. The van der Waals surface area contributed by atoms with Crippen molar-refractivity contribution < 1.29 is 9.53 Å². The quantitative estimate of drug-likeness (QED) is 0.718. The van der Waals surface area contributed by atoms with Gasteiger partial charge in [-0.05, 0) is 40.8 Å². The lowest BCUT2D eigenvalue weighted by molar-refractivity contribution is -0.117. The highest BCUT2D eigenvalue weighted by Gasteiger charge is 2.14. The van der Waals surface area contributed by atoms with Crippen molar-refractivity contribution in [1.82, 2.24) is 19.8 Å². The van der Waals surface area contributed by atoms with Crippen molar-refractivity contribution in [1.29, 1.82) is 0 Å². The van der Waals surface area contributed by atoms with Crippen LogP contribution in [0.3, 0.4) is 0 Å². The van der Waals surface area contributed by atoms with Gasteiger partial charge in [0.2, 0.25) is 5.91 Å². The van der Waals surface area contributed by atoms with E-state index in [1.165, 1.54) is 7.11 Å². The summed E-state index contributed by atoms with van der Waals surface area (Å²) < 4.78 is 7.01. The zero-order chi connectivity index (χ0) is 18.7. The van der Waals surface area contributed by atoms with Crippen molar-refractivity contribution in [2.75, 3.05) is 12.4 Å². The SMILES string of the molecule is COc1ccc(NC(=O)Cn2nnn(-c3ccccc3Cl)c2=O)cc1Cl. The number of para-hydroxylation sites is 1. The number of aromatic nitrogens is 4. The standard InChI is InChI=1S/C16H13Cl2N5O3/c1-26-14-7-6-10(8-12(14)18)19-15(24)9-22-16(25)23(21-20-22)13-5-3-2-4-11(13)17/h2-8H,9H2,1H3,(H,19,24). The van der Waals surface area contributed by atoms with Gasteiger partial charge in [0.05, 0.1) is 22.8 Å². The Morgan fingerprint density at radius 1 is 1.15 bits per heavy atom. The lowest BCUT2D eigenvalue weighted by Crippen LogP contribution is -2.29. The second kappa shape index (κ2) is 7.59. The third-order valence-corrected chi connectivity index (χ3v) is 4.06. The molecule has 0 radical (unpaired) electrons. The fourth-order valence-electron chi connectivity index (χ4n) is 2.23. The maximum Gasteiger partial charge on any atom is 0.369 e. The van der Waals surface area contributed by atoms with Crippen molar-refractivity contribution in [3.63, 3.8) is 0 Å². The van der Waals surface area contributed by atoms with Crippen LogP contribution in [-0.4, -0.2) is 32.8 Å². The summed E-state index contributed by atoms with van der Waals surface area (Å²) in [5.41, 5.74) is 0.265. The topological polar surface area (TPSA) is 91.0 Å². The van der Waals surface area contributed by atoms with Crippen LogP contribution in [0.1, 0.15) is 0 Å². The Bertz CT molecular complexity index is 1020. The van der Waals surface area contributed by atoms with Crippen LogP contribution in [0.4, 0.5) is 5.69 Å². The summed E-state index contributed by atoms with van der Waals surface area (Å²) >= 11 is 12.1. The number of amides is 1. The molecule has 1 heterocycles. The highest BCUT2D eigenvalue weighted by Crippen LogP contribution is 2.27. The Labute approximate surface area is 157 Å². The van der Waals surface area contributed by atoms with Crippen molar-refractivity contribution in [3.05, 3.63) is 63.0 Å². The molecule has 1 aromatic heterocycles. The van der Waals surface area contributed by atoms with E-state index in [1.54, 1.807) is 42.5 Å². The molecule has 0 saturated heterocycles. The molecule has 0 aliphatic carbocycles. The van der Waals surface area contributed by atoms with Crippen LogP contribution in [0, 0.1) is 0 Å². The normalized spacial score (nSPS) is 10.6. The Kier molecular flexibility index (Phi) is 5.24. The summed E-state index contributed by atoms with van der Waals surface area (Å²) in [6.07, 6.45) is 0. The second-order valence-electron chi connectivity index (χ2n) is 5.18. The van der Waals surface area contributed by atoms with E-state index < -0.39 is 11.6 Å². The fraction of sp³-hybridized carbons (Fsp3) is 0.125. The highest BCUT2D eigenvalue weighted by molar-refractivity contribution is 6.32. The van der Waals surface area contributed by atoms with Gasteiger partial charge in [0.25, 0.3) is 0 Å². The number of carbonyl (C=O) groups is 1. The molecule has 3 aromatic rings. The van der Waals surface area contributed by atoms with Crippen molar-refractivity contribution in [3.8, 4) is 11.4 Å². The minimum absolute atomic E-state index is 0.313. The van der Waals surface area contributed by atoms with E-state index in [1.807, 2.05) is 0 Å². The maximum absolute atomic E-state index is 12.4. The smallest absolute Gasteiger partial charge is 0.369 e. The van der Waals surface area contributed by atoms with Gasteiger partial charge >= 0.3 is 5.69 Å². The van der Waals surface area contributed by atoms with Crippen LogP contribution in [0.25, 0.3) is 5.69 Å².